The van der Waals surface area contributed by atoms with Crippen LogP contribution in [0.3, 0.4) is 0 Å². The summed E-state index contributed by atoms with van der Waals surface area (Å²) in [6, 6.07) is 15.4. The van der Waals surface area contributed by atoms with Crippen molar-refractivity contribution in [2.75, 3.05) is 23.0 Å². The number of alkyl halides is 2. The van der Waals surface area contributed by atoms with E-state index in [0.29, 0.717) is 0 Å². The number of fused-ring (bicyclic) bond motifs is 6. The summed E-state index contributed by atoms with van der Waals surface area (Å²) in [4.78, 5) is 2.38. The molecule has 11 heteroatoms. The Morgan fingerprint density at radius 3 is 1.53 bits per heavy atom. The fraction of sp³-hybridized carbons (Fsp3) is 0.478. The molecule has 0 unspecified atom stereocenters. The Hall–Kier alpha value is -3.30. The molecule has 0 fully saturated rings. The fourth-order valence-electron chi connectivity index (χ4n) is 8.16. The third-order valence-corrected chi connectivity index (χ3v) is 15.9. The molecule has 0 atom stereocenters. The first-order chi connectivity index (χ1) is 27.8. The molecule has 8 rings (SSSR count). The van der Waals surface area contributed by atoms with Gasteiger partial charge in [0.05, 0.1) is 31.7 Å². The number of aromatic nitrogens is 8. The zero-order valence-electron chi connectivity index (χ0n) is 35.5. The predicted octanol–water partition coefficient (Wildman–Crippen LogP) is 8.56. The van der Waals surface area contributed by atoms with E-state index < -0.39 is 15.8 Å². The molecule has 1 N–H and O–H groups in total. The second kappa shape index (κ2) is 20.6. The average Bonchev–Trinajstić information content (AvgIpc) is 4.09. The Kier molecular flexibility index (Phi) is 15.6. The standard InChI is InChI=1S/C22H28N4.C20H28N4.C4H11I2N/c1-4-6-11-23-13-15-25-17-9-8-10-18-19(17)22(3,20(23)25)21-24(12-7-5-2)14-16-26(18)21;1-3-5-10-21-12-14-23(17-21)19-8-7-9-20(16-19)24-15-13-22(18-24)11-6-4-2;1-6(5)3-4-7-2/h8-10,13-16H,4-7,11-12H2,1-3H3;7-9,12-18H,3-6,10-11H2,1-2H3;7H,3-4H2,1-2H3/q2*+2;. The molecule has 2 aliphatic heterocycles. The number of imidazole rings is 4. The first-order valence-electron chi connectivity index (χ1n) is 21.3. The van der Waals surface area contributed by atoms with Crippen molar-refractivity contribution < 1.29 is 18.3 Å². The second-order valence-corrected chi connectivity index (χ2v) is 28.9. The molecule has 6 aromatic rings. The van der Waals surface area contributed by atoms with Crippen LogP contribution in [0.1, 0.15) is 103 Å². The quantitative estimate of drug-likeness (QED) is 0.0557. The Morgan fingerprint density at radius 1 is 0.649 bits per heavy atom. The van der Waals surface area contributed by atoms with Crippen LogP contribution in [0.4, 0.5) is 0 Å². The number of aryl methyl sites for hydroxylation is 4. The summed E-state index contributed by atoms with van der Waals surface area (Å²) in [5.74, 6) is 2.83. The van der Waals surface area contributed by atoms with Gasteiger partial charge in [-0.05, 0) is 56.9 Å². The van der Waals surface area contributed by atoms with Crippen molar-refractivity contribution >= 4 is 34.5 Å². The van der Waals surface area contributed by atoms with Gasteiger partial charge in [0.15, 0.2) is 0 Å². The van der Waals surface area contributed by atoms with Crippen LogP contribution >= 0.6 is 34.5 Å². The van der Waals surface area contributed by atoms with Gasteiger partial charge in [-0.25, -0.2) is 27.4 Å². The molecule has 306 valence electrons. The average molecular weight is 1000 g/mol. The summed E-state index contributed by atoms with van der Waals surface area (Å²) in [6.45, 7) is 17.0. The summed E-state index contributed by atoms with van der Waals surface area (Å²) >= 11 is 2.16. The van der Waals surface area contributed by atoms with Crippen molar-refractivity contribution in [3.05, 3.63) is 122 Å². The molecule has 0 bridgehead atoms. The molecule has 6 heterocycles. The minimum absolute atomic E-state index is 0.0829. The molecule has 0 saturated carbocycles. The van der Waals surface area contributed by atoms with E-state index >= 15 is 0 Å². The Morgan fingerprint density at radius 2 is 1.11 bits per heavy atom. The van der Waals surface area contributed by atoms with Gasteiger partial charge >= 0.3 is 62.7 Å². The number of nitrogens with zero attached hydrogens (tertiary/aromatic N) is 8. The molecular formula is C46H67I2N9+4. The van der Waals surface area contributed by atoms with E-state index in [1.807, 2.05) is 7.05 Å². The SMILES string of the molecule is CCCC[n+]1ccn(-c2cccc(-n3cc[n+](CCCC)c3)c2)c1.CCCC[n+]1ccn2c1C1(C)c3c-2cccc3-n2cc[n+](CCCC)c21.CNCCI(C)I. The van der Waals surface area contributed by atoms with Gasteiger partial charge in [-0.3, -0.25) is 0 Å². The number of halogens is 2. The van der Waals surface area contributed by atoms with E-state index in [2.05, 4.69) is 205 Å². The molecule has 4 aromatic heterocycles. The number of unbranched alkanes of at least 4 members (excludes halogenated alkanes) is 4. The van der Waals surface area contributed by atoms with Crippen LogP contribution in [-0.4, -0.2) is 41.2 Å². The Labute approximate surface area is 358 Å². The van der Waals surface area contributed by atoms with Gasteiger partial charge < -0.3 is 0 Å². The molecule has 0 spiro atoms. The van der Waals surface area contributed by atoms with Crippen molar-refractivity contribution in [2.45, 2.75) is 118 Å². The minimum atomic E-state index is -0.420. The molecule has 0 aliphatic carbocycles. The molecule has 57 heavy (non-hydrogen) atoms. The van der Waals surface area contributed by atoms with E-state index in [1.54, 1.807) is 0 Å². The van der Waals surface area contributed by atoms with Crippen molar-refractivity contribution in [1.82, 2.24) is 23.6 Å². The molecule has 0 saturated heterocycles. The number of hydrogen-bond acceptors (Lipinski definition) is 1. The van der Waals surface area contributed by atoms with Crippen molar-refractivity contribution in [3.63, 3.8) is 0 Å². The van der Waals surface area contributed by atoms with E-state index in [4.69, 9.17) is 0 Å². The zero-order valence-corrected chi connectivity index (χ0v) is 39.9. The molecule has 2 aromatic carbocycles. The van der Waals surface area contributed by atoms with Crippen LogP contribution in [0.15, 0.2) is 105 Å². The third kappa shape index (κ3) is 9.61. The van der Waals surface area contributed by atoms with Gasteiger partial charge in [0.1, 0.15) is 72.3 Å². The van der Waals surface area contributed by atoms with Crippen LogP contribution < -0.4 is 23.6 Å². The second-order valence-electron chi connectivity index (χ2n) is 15.5. The monoisotopic (exact) mass is 999 g/mol. The molecule has 0 amide bonds. The summed E-state index contributed by atoms with van der Waals surface area (Å²) in [6.07, 6.45) is 31.7. The zero-order chi connectivity index (χ0) is 40.4. The van der Waals surface area contributed by atoms with Gasteiger partial charge in [-0.15, -0.1) is 0 Å². The van der Waals surface area contributed by atoms with Crippen molar-refractivity contribution in [1.29, 1.82) is 0 Å². The van der Waals surface area contributed by atoms with Crippen LogP contribution in [0.2, 0.25) is 0 Å². The summed E-state index contributed by atoms with van der Waals surface area (Å²) in [7, 11) is 2.01. The summed E-state index contributed by atoms with van der Waals surface area (Å²) in [5.41, 5.74) is 6.47. The molecule has 9 nitrogen and oxygen atoms in total. The van der Waals surface area contributed by atoms with Crippen molar-refractivity contribution in [2.24, 2.45) is 0 Å². The van der Waals surface area contributed by atoms with Gasteiger partial charge in [0.2, 0.25) is 18.1 Å². The Bertz CT molecular complexity index is 2040. The van der Waals surface area contributed by atoms with Crippen LogP contribution in [0.5, 0.6) is 0 Å². The molecular weight excluding hydrogens is 932 g/mol. The topological polar surface area (TPSA) is 47.3 Å². The first kappa shape index (κ1) is 43.3. The van der Waals surface area contributed by atoms with Gasteiger partial charge in [0, 0.05) is 6.07 Å². The molecule has 0 radical (unpaired) electrons. The van der Waals surface area contributed by atoms with Crippen LogP contribution in [0.25, 0.3) is 22.7 Å². The third-order valence-electron chi connectivity index (χ3n) is 11.2. The van der Waals surface area contributed by atoms with Gasteiger partial charge in [-0.2, -0.15) is 9.13 Å². The van der Waals surface area contributed by atoms with E-state index in [9.17, 15) is 0 Å². The predicted molar refractivity (Wildman–Crippen MR) is 249 cm³/mol. The van der Waals surface area contributed by atoms with Gasteiger partial charge in [0.25, 0.3) is 11.6 Å². The van der Waals surface area contributed by atoms with E-state index in [0.717, 1.165) is 26.2 Å². The summed E-state index contributed by atoms with van der Waals surface area (Å²) in [5, 5.41) is 3.13. The maximum absolute atomic E-state index is 3.13. The van der Waals surface area contributed by atoms with E-state index in [1.165, 1.54) is 102 Å². The molecule has 2 aliphatic rings. The normalized spacial score (nSPS) is 13.0. The Balaban J connectivity index is 0.000000166. The number of nitrogens with one attached hydrogen (secondary N) is 1. The van der Waals surface area contributed by atoms with Gasteiger partial charge in [-0.1, -0.05) is 65.5 Å². The summed E-state index contributed by atoms with van der Waals surface area (Å²) < 4.78 is 20.1. The van der Waals surface area contributed by atoms with E-state index in [-0.39, 0.29) is 5.41 Å². The number of hydrogen-bond donors (Lipinski definition) is 1. The van der Waals surface area contributed by atoms with Crippen LogP contribution in [-0.2, 0) is 31.6 Å². The fourth-order valence-corrected chi connectivity index (χ4v) is 10.8. The van der Waals surface area contributed by atoms with Crippen LogP contribution in [0, 0.1) is 0 Å². The maximum atomic E-state index is 3.13. The number of benzene rings is 2. The first-order valence-corrected chi connectivity index (χ1v) is 31.2. The van der Waals surface area contributed by atoms with Crippen molar-refractivity contribution in [3.8, 4) is 22.7 Å². The number of rotatable bonds is 17.